The number of alkyl halides is 3. The van der Waals surface area contributed by atoms with E-state index in [4.69, 9.17) is 0 Å². The van der Waals surface area contributed by atoms with E-state index in [2.05, 4.69) is 0 Å². The molecule has 3 heteroatoms. The standard InChI is InChI=1S/C6H9F3/c1-5(2)3-4-6(7,8)9/h3H,4H2,1-2H3. The zero-order valence-electron chi connectivity index (χ0n) is 5.42. The van der Waals surface area contributed by atoms with Gasteiger partial charge in [-0.3, -0.25) is 0 Å². The third-order valence-electron chi connectivity index (χ3n) is 0.742. The lowest BCUT2D eigenvalue weighted by Gasteiger charge is -2.00. The lowest BCUT2D eigenvalue weighted by Crippen LogP contribution is -2.04. The van der Waals surface area contributed by atoms with Crippen LogP contribution in [0.15, 0.2) is 11.6 Å². The highest BCUT2D eigenvalue weighted by Gasteiger charge is 2.24. The van der Waals surface area contributed by atoms with E-state index in [0.717, 1.165) is 0 Å². The monoisotopic (exact) mass is 138 g/mol. The van der Waals surface area contributed by atoms with Crippen molar-refractivity contribution in [3.63, 3.8) is 0 Å². The summed E-state index contributed by atoms with van der Waals surface area (Å²) in [5.74, 6) is 0. The van der Waals surface area contributed by atoms with Crippen LogP contribution >= 0.6 is 0 Å². The molecule has 0 fully saturated rings. The Bertz CT molecular complexity index is 106. The van der Waals surface area contributed by atoms with E-state index in [0.29, 0.717) is 5.57 Å². The van der Waals surface area contributed by atoms with Gasteiger partial charge in [0.2, 0.25) is 0 Å². The van der Waals surface area contributed by atoms with Gasteiger partial charge in [0, 0.05) is 0 Å². The van der Waals surface area contributed by atoms with Crippen molar-refractivity contribution in [2.45, 2.75) is 26.4 Å². The maximum atomic E-state index is 11.4. The summed E-state index contributed by atoms with van der Waals surface area (Å²) in [4.78, 5) is 0. The molecule has 0 heterocycles. The Kier molecular flexibility index (Phi) is 2.74. The molecule has 0 aromatic carbocycles. The average Bonchev–Trinajstić information content (AvgIpc) is 1.59. The van der Waals surface area contributed by atoms with E-state index < -0.39 is 12.6 Å². The Morgan fingerprint density at radius 1 is 1.33 bits per heavy atom. The molecule has 0 rings (SSSR count). The Morgan fingerprint density at radius 3 is 1.89 bits per heavy atom. The van der Waals surface area contributed by atoms with Gasteiger partial charge in [0.25, 0.3) is 0 Å². The van der Waals surface area contributed by atoms with Crippen LogP contribution in [-0.2, 0) is 0 Å². The minimum Gasteiger partial charge on any atom is -0.171 e. The van der Waals surface area contributed by atoms with Gasteiger partial charge in [-0.2, -0.15) is 13.2 Å². The fourth-order valence-corrected chi connectivity index (χ4v) is 0.320. The zero-order chi connectivity index (χ0) is 7.49. The van der Waals surface area contributed by atoms with E-state index >= 15 is 0 Å². The summed E-state index contributed by atoms with van der Waals surface area (Å²) in [6.45, 7) is 3.29. The number of hydrogen-bond acceptors (Lipinski definition) is 0. The highest BCUT2D eigenvalue weighted by Crippen LogP contribution is 2.20. The number of halogens is 3. The van der Waals surface area contributed by atoms with Crippen molar-refractivity contribution in [3.8, 4) is 0 Å². The molecule has 9 heavy (non-hydrogen) atoms. The van der Waals surface area contributed by atoms with Gasteiger partial charge in [0.15, 0.2) is 0 Å². The van der Waals surface area contributed by atoms with Crippen molar-refractivity contribution in [1.82, 2.24) is 0 Å². The van der Waals surface area contributed by atoms with E-state index in [9.17, 15) is 13.2 Å². The smallest absolute Gasteiger partial charge is 0.171 e. The zero-order valence-corrected chi connectivity index (χ0v) is 5.42. The molecule has 0 spiro atoms. The Morgan fingerprint density at radius 2 is 1.78 bits per heavy atom. The summed E-state index contributed by atoms with van der Waals surface area (Å²) < 4.78 is 34.1. The molecule has 0 radical (unpaired) electrons. The third kappa shape index (κ3) is 7.53. The summed E-state index contributed by atoms with van der Waals surface area (Å²) in [5, 5.41) is 0. The number of allylic oxidation sites excluding steroid dienone is 2. The molecule has 0 N–H and O–H groups in total. The van der Waals surface area contributed by atoms with E-state index in [-0.39, 0.29) is 0 Å². The van der Waals surface area contributed by atoms with Crippen LogP contribution in [0.1, 0.15) is 20.3 Å². The summed E-state index contributed by atoms with van der Waals surface area (Å²) in [6, 6.07) is 0. The Balaban J connectivity index is 3.64. The summed E-state index contributed by atoms with van der Waals surface area (Å²) in [6.07, 6.45) is -3.69. The maximum Gasteiger partial charge on any atom is 0.392 e. The van der Waals surface area contributed by atoms with Crippen LogP contribution in [0.3, 0.4) is 0 Å². The van der Waals surface area contributed by atoms with Gasteiger partial charge in [0.1, 0.15) is 0 Å². The lowest BCUT2D eigenvalue weighted by molar-refractivity contribution is -0.125. The van der Waals surface area contributed by atoms with Gasteiger partial charge in [0.05, 0.1) is 6.42 Å². The predicted octanol–water partition coefficient (Wildman–Crippen LogP) is 2.91. The second-order valence-electron chi connectivity index (χ2n) is 2.10. The molecular formula is C6H9F3. The van der Waals surface area contributed by atoms with Crippen molar-refractivity contribution in [1.29, 1.82) is 0 Å². The molecule has 0 nitrogen and oxygen atoms in total. The molecule has 0 atom stereocenters. The van der Waals surface area contributed by atoms with E-state index in [1.165, 1.54) is 6.08 Å². The molecule has 0 aliphatic carbocycles. The topological polar surface area (TPSA) is 0 Å². The first-order chi connectivity index (χ1) is 3.92. The summed E-state index contributed by atoms with van der Waals surface area (Å²) >= 11 is 0. The van der Waals surface area contributed by atoms with Crippen LogP contribution in [-0.4, -0.2) is 6.18 Å². The Labute approximate surface area is 52.4 Å². The van der Waals surface area contributed by atoms with Crippen molar-refractivity contribution < 1.29 is 13.2 Å². The quantitative estimate of drug-likeness (QED) is 0.489. The Hall–Kier alpha value is -0.470. The summed E-state index contributed by atoms with van der Waals surface area (Å²) in [5.41, 5.74) is 0.701. The van der Waals surface area contributed by atoms with Crippen LogP contribution in [0.25, 0.3) is 0 Å². The molecule has 0 aliphatic rings. The highest BCUT2D eigenvalue weighted by atomic mass is 19.4. The molecule has 0 aromatic rings. The largest absolute Gasteiger partial charge is 0.392 e. The van der Waals surface area contributed by atoms with Gasteiger partial charge in [-0.05, 0) is 13.8 Å². The predicted molar refractivity (Wildman–Crippen MR) is 30.1 cm³/mol. The third-order valence-corrected chi connectivity index (χ3v) is 0.742. The van der Waals surface area contributed by atoms with Crippen LogP contribution in [0.4, 0.5) is 13.2 Å². The summed E-state index contributed by atoms with van der Waals surface area (Å²) in [7, 11) is 0. The lowest BCUT2D eigenvalue weighted by atomic mass is 10.3. The van der Waals surface area contributed by atoms with Gasteiger partial charge in [-0.1, -0.05) is 11.6 Å². The second-order valence-corrected chi connectivity index (χ2v) is 2.10. The minimum atomic E-state index is -4.04. The van der Waals surface area contributed by atoms with E-state index in [1.54, 1.807) is 13.8 Å². The van der Waals surface area contributed by atoms with Gasteiger partial charge >= 0.3 is 6.18 Å². The molecule has 0 aliphatic heterocycles. The first kappa shape index (κ1) is 8.53. The normalized spacial score (nSPS) is 11.2. The first-order valence-electron chi connectivity index (χ1n) is 2.62. The van der Waals surface area contributed by atoms with Crippen LogP contribution in [0.5, 0.6) is 0 Å². The molecule has 0 unspecified atom stereocenters. The maximum absolute atomic E-state index is 11.4. The van der Waals surface area contributed by atoms with Crippen LogP contribution < -0.4 is 0 Å². The SMILES string of the molecule is CC(C)=CCC(F)(F)F. The highest BCUT2D eigenvalue weighted by molar-refractivity contribution is 4.94. The first-order valence-corrected chi connectivity index (χ1v) is 2.62. The van der Waals surface area contributed by atoms with Crippen LogP contribution in [0.2, 0.25) is 0 Å². The van der Waals surface area contributed by atoms with Crippen LogP contribution in [0, 0.1) is 0 Å². The molecule has 0 saturated heterocycles. The van der Waals surface area contributed by atoms with Crippen molar-refractivity contribution in [2.75, 3.05) is 0 Å². The molecule has 0 aromatic heterocycles. The molecule has 54 valence electrons. The average molecular weight is 138 g/mol. The van der Waals surface area contributed by atoms with Gasteiger partial charge in [-0.15, -0.1) is 0 Å². The fourth-order valence-electron chi connectivity index (χ4n) is 0.320. The van der Waals surface area contributed by atoms with Gasteiger partial charge in [-0.25, -0.2) is 0 Å². The second kappa shape index (κ2) is 2.90. The molecule has 0 saturated carbocycles. The molecule has 0 bridgehead atoms. The number of rotatable bonds is 1. The van der Waals surface area contributed by atoms with Crippen molar-refractivity contribution >= 4 is 0 Å². The van der Waals surface area contributed by atoms with Crippen molar-refractivity contribution in [3.05, 3.63) is 11.6 Å². The van der Waals surface area contributed by atoms with Gasteiger partial charge < -0.3 is 0 Å². The minimum absolute atomic E-state index is 0.701. The van der Waals surface area contributed by atoms with E-state index in [1.807, 2.05) is 0 Å². The van der Waals surface area contributed by atoms with Crippen molar-refractivity contribution in [2.24, 2.45) is 0 Å². The number of hydrogen-bond donors (Lipinski definition) is 0. The molecular weight excluding hydrogens is 129 g/mol. The fraction of sp³-hybridized carbons (Fsp3) is 0.667. The molecule has 0 amide bonds.